The molecule has 0 spiro atoms. The van der Waals surface area contributed by atoms with Crippen LogP contribution in [0.5, 0.6) is 0 Å². The van der Waals surface area contributed by atoms with Crippen LogP contribution in [0.1, 0.15) is 66.6 Å². The first-order chi connectivity index (χ1) is 17.7. The van der Waals surface area contributed by atoms with Crippen LogP contribution in [0.3, 0.4) is 0 Å². The number of benzene rings is 2. The molecule has 1 fully saturated rings. The van der Waals surface area contributed by atoms with E-state index in [1.54, 1.807) is 0 Å². The van der Waals surface area contributed by atoms with E-state index in [1.165, 1.54) is 39.2 Å². The molecule has 2 aliphatic rings. The third-order valence-electron chi connectivity index (χ3n) is 8.34. The minimum atomic E-state index is 0.310. The van der Waals surface area contributed by atoms with E-state index >= 15 is 0 Å². The van der Waals surface area contributed by atoms with Gasteiger partial charge in [0.05, 0.1) is 11.8 Å². The highest BCUT2D eigenvalue weighted by Gasteiger charge is 2.31. The van der Waals surface area contributed by atoms with Crippen molar-refractivity contribution in [2.24, 2.45) is 5.92 Å². The zero-order chi connectivity index (χ0) is 26.3. The molecular weight excluding hydrogens is 456 g/mol. The lowest BCUT2D eigenvalue weighted by Crippen LogP contribution is -2.44. The molecule has 3 aromatic rings. The molecule has 2 atom stereocenters. The number of rotatable bonds is 5. The highest BCUT2D eigenvalue weighted by molar-refractivity contribution is 5.66. The van der Waals surface area contributed by atoms with Gasteiger partial charge in [0.2, 0.25) is 0 Å². The molecule has 0 aliphatic carbocycles. The molecule has 0 bridgehead atoms. The van der Waals surface area contributed by atoms with Gasteiger partial charge in [0.15, 0.2) is 5.82 Å². The van der Waals surface area contributed by atoms with Crippen LogP contribution in [0.25, 0.3) is 11.4 Å². The molecule has 5 heteroatoms. The number of piperidine rings is 1. The van der Waals surface area contributed by atoms with Crippen molar-refractivity contribution >= 4 is 11.5 Å². The summed E-state index contributed by atoms with van der Waals surface area (Å²) in [5.41, 5.74) is 10.2. The fraction of sp³-hybridized carbons (Fsp3) is 0.500. The molecular formula is C32H42N4O. The molecule has 3 heterocycles. The summed E-state index contributed by atoms with van der Waals surface area (Å²) in [5.74, 6) is 2.95. The predicted octanol–water partition coefficient (Wildman–Crippen LogP) is 6.62. The normalized spacial score (nSPS) is 19.9. The van der Waals surface area contributed by atoms with E-state index < -0.39 is 0 Å². The van der Waals surface area contributed by atoms with E-state index in [9.17, 15) is 0 Å². The smallest absolute Gasteiger partial charge is 0.162 e. The molecule has 2 aromatic carbocycles. The van der Waals surface area contributed by atoms with Crippen LogP contribution in [0, 0.1) is 26.7 Å². The Morgan fingerprint density at radius 2 is 1.73 bits per heavy atom. The summed E-state index contributed by atoms with van der Waals surface area (Å²) in [5, 5.41) is 0. The van der Waals surface area contributed by atoms with Crippen LogP contribution in [0.15, 0.2) is 36.4 Å². The van der Waals surface area contributed by atoms with Gasteiger partial charge in [-0.1, -0.05) is 50.6 Å². The third kappa shape index (κ3) is 5.11. The van der Waals surface area contributed by atoms with E-state index in [4.69, 9.17) is 14.7 Å². The number of hydrogen-bond acceptors (Lipinski definition) is 5. The Morgan fingerprint density at radius 3 is 2.46 bits per heavy atom. The Kier molecular flexibility index (Phi) is 7.26. The molecule has 0 radical (unpaired) electrons. The second-order valence-corrected chi connectivity index (χ2v) is 11.5. The Morgan fingerprint density at radius 1 is 0.946 bits per heavy atom. The summed E-state index contributed by atoms with van der Waals surface area (Å²) in [6, 6.07) is 13.5. The zero-order valence-corrected chi connectivity index (χ0v) is 23.6. The number of ether oxygens (including phenoxy) is 1. The predicted molar refractivity (Wildman–Crippen MR) is 154 cm³/mol. The van der Waals surface area contributed by atoms with Crippen molar-refractivity contribution in [2.45, 2.75) is 73.0 Å². The topological polar surface area (TPSA) is 41.5 Å². The van der Waals surface area contributed by atoms with Gasteiger partial charge in [0.25, 0.3) is 0 Å². The largest absolute Gasteiger partial charge is 0.381 e. The van der Waals surface area contributed by atoms with Crippen molar-refractivity contribution in [2.75, 3.05) is 36.5 Å². The first-order valence-corrected chi connectivity index (χ1v) is 13.9. The maximum absolute atomic E-state index is 5.77. The fourth-order valence-corrected chi connectivity index (χ4v) is 5.95. The maximum Gasteiger partial charge on any atom is 0.162 e. The Bertz CT molecular complexity index is 1280. The first-order valence-electron chi connectivity index (χ1n) is 13.9. The number of methoxy groups -OCH3 is 1. The maximum atomic E-state index is 5.77. The molecule has 0 N–H and O–H groups in total. The first kappa shape index (κ1) is 25.7. The van der Waals surface area contributed by atoms with E-state index in [0.717, 1.165) is 56.2 Å². The third-order valence-corrected chi connectivity index (χ3v) is 8.34. The SMILES string of the molecule is CO[C@H]1CCN(c2nc(-c3cc(C)ccc3C)nc3c2CN(c2cc(C(C)C)ccc2C)CC3)C[C@@H]1C. The number of anilines is 2. The van der Waals surface area contributed by atoms with Gasteiger partial charge in [-0.25, -0.2) is 9.97 Å². The zero-order valence-electron chi connectivity index (χ0n) is 23.6. The molecule has 0 unspecified atom stereocenters. The molecule has 5 nitrogen and oxygen atoms in total. The van der Waals surface area contributed by atoms with Crippen LogP contribution < -0.4 is 9.80 Å². The summed E-state index contributed by atoms with van der Waals surface area (Å²) in [6.07, 6.45) is 2.26. The molecule has 0 saturated carbocycles. The van der Waals surface area contributed by atoms with E-state index in [2.05, 4.69) is 87.7 Å². The minimum Gasteiger partial charge on any atom is -0.381 e. The molecule has 37 heavy (non-hydrogen) atoms. The van der Waals surface area contributed by atoms with Gasteiger partial charge in [-0.3, -0.25) is 0 Å². The number of aryl methyl sites for hydroxylation is 3. The van der Waals surface area contributed by atoms with Crippen LogP contribution in [-0.2, 0) is 17.7 Å². The lowest BCUT2D eigenvalue weighted by Gasteiger charge is -2.40. The average Bonchev–Trinajstić information content (AvgIpc) is 2.89. The molecule has 5 rings (SSSR count). The van der Waals surface area contributed by atoms with E-state index in [0.29, 0.717) is 17.9 Å². The lowest BCUT2D eigenvalue weighted by atomic mass is 9.95. The van der Waals surface area contributed by atoms with E-state index in [1.807, 2.05) is 7.11 Å². The summed E-state index contributed by atoms with van der Waals surface area (Å²) >= 11 is 0. The van der Waals surface area contributed by atoms with Gasteiger partial charge in [0, 0.05) is 56.5 Å². The van der Waals surface area contributed by atoms with Crippen molar-refractivity contribution in [3.63, 3.8) is 0 Å². The van der Waals surface area contributed by atoms with Crippen LogP contribution in [0.4, 0.5) is 11.5 Å². The van der Waals surface area contributed by atoms with E-state index in [-0.39, 0.29) is 0 Å². The van der Waals surface area contributed by atoms with Crippen molar-refractivity contribution in [3.05, 3.63) is 69.9 Å². The molecule has 1 saturated heterocycles. The molecule has 196 valence electrons. The number of aromatic nitrogens is 2. The fourth-order valence-electron chi connectivity index (χ4n) is 5.95. The minimum absolute atomic E-state index is 0.310. The number of hydrogen-bond donors (Lipinski definition) is 0. The Labute approximate surface area is 222 Å². The van der Waals surface area contributed by atoms with Gasteiger partial charge in [-0.2, -0.15) is 0 Å². The Hall–Kier alpha value is -2.92. The number of nitrogens with zero attached hydrogens (tertiary/aromatic N) is 4. The summed E-state index contributed by atoms with van der Waals surface area (Å²) in [7, 11) is 1.84. The van der Waals surface area contributed by atoms with Gasteiger partial charge >= 0.3 is 0 Å². The second kappa shape index (κ2) is 10.4. The van der Waals surface area contributed by atoms with Gasteiger partial charge in [0.1, 0.15) is 5.82 Å². The monoisotopic (exact) mass is 498 g/mol. The quantitative estimate of drug-likeness (QED) is 0.396. The number of fused-ring (bicyclic) bond motifs is 1. The van der Waals surface area contributed by atoms with Gasteiger partial charge < -0.3 is 14.5 Å². The van der Waals surface area contributed by atoms with Crippen LogP contribution in [-0.4, -0.2) is 42.8 Å². The van der Waals surface area contributed by atoms with Crippen LogP contribution in [0.2, 0.25) is 0 Å². The van der Waals surface area contributed by atoms with Gasteiger partial charge in [-0.15, -0.1) is 0 Å². The highest BCUT2D eigenvalue weighted by atomic mass is 16.5. The lowest BCUT2D eigenvalue weighted by molar-refractivity contribution is 0.0443. The summed E-state index contributed by atoms with van der Waals surface area (Å²) in [4.78, 5) is 15.5. The Balaban J connectivity index is 1.58. The average molecular weight is 499 g/mol. The van der Waals surface area contributed by atoms with Crippen LogP contribution >= 0.6 is 0 Å². The molecule has 0 amide bonds. The van der Waals surface area contributed by atoms with Crippen molar-refractivity contribution in [1.29, 1.82) is 0 Å². The highest BCUT2D eigenvalue weighted by Crippen LogP contribution is 2.36. The van der Waals surface area contributed by atoms with Crippen molar-refractivity contribution < 1.29 is 4.74 Å². The molecule has 1 aromatic heterocycles. The molecule has 2 aliphatic heterocycles. The van der Waals surface area contributed by atoms with Crippen molar-refractivity contribution in [3.8, 4) is 11.4 Å². The second-order valence-electron chi connectivity index (χ2n) is 11.5. The summed E-state index contributed by atoms with van der Waals surface area (Å²) in [6.45, 7) is 17.1. The standard InChI is InChI=1S/C32H42N4O/c1-20(2)25-11-10-23(5)29(17-25)35-14-12-28-27(19-35)32(36-15-13-30(37-7)24(6)18-36)34-31(33-28)26-16-21(3)8-9-22(26)4/h8-11,16-17,20,24,30H,12-15,18-19H2,1-7H3/t24-,30-/m0/s1. The van der Waals surface area contributed by atoms with Gasteiger partial charge in [-0.05, 0) is 67.9 Å². The van der Waals surface area contributed by atoms with Crippen molar-refractivity contribution in [1.82, 2.24) is 9.97 Å². The summed E-state index contributed by atoms with van der Waals surface area (Å²) < 4.78 is 5.77.